The minimum absolute atomic E-state index is 0.0280. The fourth-order valence-electron chi connectivity index (χ4n) is 4.63. The number of benzene rings is 3. The zero-order valence-corrected chi connectivity index (χ0v) is 21.7. The van der Waals surface area contributed by atoms with Crippen LogP contribution < -0.4 is 19.5 Å². The second kappa shape index (κ2) is 11.0. The molecule has 0 fully saturated rings. The van der Waals surface area contributed by atoms with Gasteiger partial charge < -0.3 is 19.5 Å². The lowest BCUT2D eigenvalue weighted by Gasteiger charge is -2.15. The molecule has 1 aliphatic carbocycles. The van der Waals surface area contributed by atoms with Crippen LogP contribution in [0.2, 0.25) is 0 Å². The van der Waals surface area contributed by atoms with Crippen LogP contribution in [0.4, 0.5) is 0 Å². The smallest absolute Gasteiger partial charge is 0.230 e. The van der Waals surface area contributed by atoms with Crippen LogP contribution in [0, 0.1) is 0 Å². The van der Waals surface area contributed by atoms with Crippen molar-refractivity contribution in [3.05, 3.63) is 77.9 Å². The average Bonchev–Trinajstić information content (AvgIpc) is 3.55. The molecule has 0 saturated carbocycles. The van der Waals surface area contributed by atoms with E-state index in [1.54, 1.807) is 21.3 Å². The molecule has 190 valence electrons. The van der Waals surface area contributed by atoms with Gasteiger partial charge in [0.15, 0.2) is 22.5 Å². The molecular weight excluding hydrogens is 488 g/mol. The van der Waals surface area contributed by atoms with Crippen LogP contribution in [0.15, 0.2) is 71.9 Å². The Kier molecular flexibility index (Phi) is 7.32. The number of hydrogen-bond donors (Lipinski definition) is 1. The van der Waals surface area contributed by atoms with Gasteiger partial charge in [-0.05, 0) is 48.2 Å². The van der Waals surface area contributed by atoms with E-state index in [2.05, 4.69) is 27.6 Å². The minimum Gasteiger partial charge on any atom is -0.493 e. The Morgan fingerprint density at radius 2 is 1.54 bits per heavy atom. The van der Waals surface area contributed by atoms with Crippen molar-refractivity contribution in [2.24, 2.45) is 0 Å². The second-order valence-corrected chi connectivity index (χ2v) is 9.56. The van der Waals surface area contributed by atoms with E-state index in [-0.39, 0.29) is 17.7 Å². The average molecular weight is 517 g/mol. The van der Waals surface area contributed by atoms with Crippen molar-refractivity contribution in [1.82, 2.24) is 20.1 Å². The molecule has 1 aromatic heterocycles. The molecule has 0 atom stereocenters. The van der Waals surface area contributed by atoms with E-state index in [0.717, 1.165) is 24.1 Å². The lowest BCUT2D eigenvalue weighted by atomic mass is 10.1. The number of fused-ring (bicyclic) bond motifs is 1. The number of thioether (sulfide) groups is 1. The predicted molar refractivity (Wildman–Crippen MR) is 143 cm³/mol. The highest BCUT2D eigenvalue weighted by Crippen LogP contribution is 2.41. The zero-order chi connectivity index (χ0) is 25.8. The number of nitrogens with one attached hydrogen (secondary N) is 1. The summed E-state index contributed by atoms with van der Waals surface area (Å²) in [6.07, 6.45) is 1.72. The number of carbonyl (C=O) groups is 1. The van der Waals surface area contributed by atoms with E-state index in [9.17, 15) is 4.79 Å². The van der Waals surface area contributed by atoms with Crippen molar-refractivity contribution >= 4 is 17.7 Å². The van der Waals surface area contributed by atoms with Crippen molar-refractivity contribution in [3.8, 4) is 34.3 Å². The summed E-state index contributed by atoms with van der Waals surface area (Å²) in [6.45, 7) is 0. The molecule has 1 N–H and O–H groups in total. The number of para-hydroxylation sites is 1. The van der Waals surface area contributed by atoms with Gasteiger partial charge in [0.1, 0.15) is 0 Å². The first-order valence-electron chi connectivity index (χ1n) is 11.9. The molecule has 0 bridgehead atoms. The SMILES string of the molecule is COc1cc(-c2nnc(SCC(=O)NC3Cc4ccccc4C3)n2-c2ccccc2)cc(OC)c1OC. The number of rotatable bonds is 9. The second-order valence-electron chi connectivity index (χ2n) is 8.62. The summed E-state index contributed by atoms with van der Waals surface area (Å²) in [5.74, 6) is 2.34. The highest BCUT2D eigenvalue weighted by Gasteiger charge is 2.24. The summed E-state index contributed by atoms with van der Waals surface area (Å²) < 4.78 is 18.5. The molecule has 1 aliphatic rings. The zero-order valence-electron chi connectivity index (χ0n) is 20.9. The number of methoxy groups -OCH3 is 3. The number of ether oxygens (including phenoxy) is 3. The minimum atomic E-state index is -0.0280. The van der Waals surface area contributed by atoms with E-state index in [1.165, 1.54) is 22.9 Å². The first-order valence-corrected chi connectivity index (χ1v) is 12.9. The predicted octanol–water partition coefficient (Wildman–Crippen LogP) is 4.34. The molecule has 8 nitrogen and oxygen atoms in total. The van der Waals surface area contributed by atoms with E-state index < -0.39 is 0 Å². The first kappa shape index (κ1) is 24.7. The monoisotopic (exact) mass is 516 g/mol. The van der Waals surface area contributed by atoms with E-state index >= 15 is 0 Å². The summed E-state index contributed by atoms with van der Waals surface area (Å²) in [6, 6.07) is 21.9. The van der Waals surface area contributed by atoms with E-state index in [4.69, 9.17) is 14.2 Å². The summed E-state index contributed by atoms with van der Waals surface area (Å²) in [7, 11) is 4.72. The van der Waals surface area contributed by atoms with Crippen molar-refractivity contribution in [2.45, 2.75) is 24.0 Å². The highest BCUT2D eigenvalue weighted by molar-refractivity contribution is 7.99. The molecule has 1 heterocycles. The van der Waals surface area contributed by atoms with Crippen LogP contribution in [0.1, 0.15) is 11.1 Å². The van der Waals surface area contributed by atoms with Gasteiger partial charge in [0.05, 0.1) is 27.1 Å². The fraction of sp³-hybridized carbons (Fsp3) is 0.250. The van der Waals surface area contributed by atoms with Gasteiger partial charge in [-0.2, -0.15) is 0 Å². The molecule has 0 aliphatic heterocycles. The third kappa shape index (κ3) is 5.13. The number of hydrogen-bond acceptors (Lipinski definition) is 7. The molecule has 5 rings (SSSR count). The van der Waals surface area contributed by atoms with Crippen LogP contribution in [0.3, 0.4) is 0 Å². The van der Waals surface area contributed by atoms with Gasteiger partial charge in [0.2, 0.25) is 11.7 Å². The quantitative estimate of drug-likeness (QED) is 0.331. The third-order valence-corrected chi connectivity index (χ3v) is 7.25. The lowest BCUT2D eigenvalue weighted by molar-refractivity contribution is -0.119. The van der Waals surface area contributed by atoms with Gasteiger partial charge >= 0.3 is 0 Å². The standard InChI is InChI=1S/C28H28N4O4S/c1-34-23-15-20(16-24(35-2)26(23)36-3)27-30-31-28(32(27)22-11-5-4-6-12-22)37-17-25(33)29-21-13-18-9-7-8-10-19(18)14-21/h4-12,15-16,21H,13-14,17H2,1-3H3,(H,29,33). The van der Waals surface area contributed by atoms with Gasteiger partial charge in [0.25, 0.3) is 0 Å². The molecular formula is C28H28N4O4S. The van der Waals surface area contributed by atoms with E-state index in [1.807, 2.05) is 59.2 Å². The van der Waals surface area contributed by atoms with Crippen LogP contribution in [0.5, 0.6) is 17.2 Å². The van der Waals surface area contributed by atoms with Crippen molar-refractivity contribution in [3.63, 3.8) is 0 Å². The molecule has 0 radical (unpaired) electrons. The van der Waals surface area contributed by atoms with Crippen molar-refractivity contribution in [1.29, 1.82) is 0 Å². The molecule has 0 saturated heterocycles. The Morgan fingerprint density at radius 1 is 0.919 bits per heavy atom. The van der Waals surface area contributed by atoms with Crippen molar-refractivity contribution < 1.29 is 19.0 Å². The molecule has 1 amide bonds. The molecule has 0 spiro atoms. The Balaban J connectivity index is 1.40. The number of nitrogens with zero attached hydrogens (tertiary/aromatic N) is 3. The van der Waals surface area contributed by atoms with Gasteiger partial charge in [-0.25, -0.2) is 0 Å². The van der Waals surface area contributed by atoms with Gasteiger partial charge in [-0.3, -0.25) is 9.36 Å². The fourth-order valence-corrected chi connectivity index (χ4v) is 5.39. The summed E-state index contributed by atoms with van der Waals surface area (Å²) in [5.41, 5.74) is 4.23. The third-order valence-electron chi connectivity index (χ3n) is 6.32. The van der Waals surface area contributed by atoms with Crippen LogP contribution in [-0.4, -0.2) is 53.8 Å². The largest absolute Gasteiger partial charge is 0.493 e. The first-order chi connectivity index (χ1) is 18.1. The molecule has 3 aromatic carbocycles. The normalized spacial score (nSPS) is 12.7. The van der Waals surface area contributed by atoms with Gasteiger partial charge in [-0.15, -0.1) is 10.2 Å². The summed E-state index contributed by atoms with van der Waals surface area (Å²) in [5, 5.41) is 12.7. The van der Waals surface area contributed by atoms with Gasteiger partial charge in [-0.1, -0.05) is 54.2 Å². The van der Waals surface area contributed by atoms with Crippen molar-refractivity contribution in [2.75, 3.05) is 27.1 Å². The Hall–Kier alpha value is -3.98. The highest BCUT2D eigenvalue weighted by atomic mass is 32.2. The van der Waals surface area contributed by atoms with Crippen LogP contribution in [-0.2, 0) is 17.6 Å². The van der Waals surface area contributed by atoms with Crippen LogP contribution in [0.25, 0.3) is 17.1 Å². The molecule has 9 heteroatoms. The Labute approximate surface area is 220 Å². The van der Waals surface area contributed by atoms with E-state index in [0.29, 0.717) is 28.2 Å². The summed E-state index contributed by atoms with van der Waals surface area (Å²) in [4.78, 5) is 12.8. The number of amides is 1. The maximum atomic E-state index is 12.8. The maximum Gasteiger partial charge on any atom is 0.230 e. The Bertz CT molecular complexity index is 1360. The summed E-state index contributed by atoms with van der Waals surface area (Å²) >= 11 is 1.35. The molecule has 0 unspecified atom stereocenters. The van der Waals surface area contributed by atoms with Crippen LogP contribution >= 0.6 is 11.8 Å². The lowest BCUT2D eigenvalue weighted by Crippen LogP contribution is -2.36. The topological polar surface area (TPSA) is 87.5 Å². The molecule has 37 heavy (non-hydrogen) atoms. The number of aromatic nitrogens is 3. The molecule has 4 aromatic rings. The van der Waals surface area contributed by atoms with Gasteiger partial charge in [0, 0.05) is 17.3 Å². The Morgan fingerprint density at radius 3 is 2.14 bits per heavy atom. The number of carbonyl (C=O) groups excluding carboxylic acids is 1. The maximum absolute atomic E-state index is 12.8.